The van der Waals surface area contributed by atoms with Gasteiger partial charge in [-0.2, -0.15) is 0 Å². The zero-order valence-electron chi connectivity index (χ0n) is 9.72. The average Bonchev–Trinajstić information content (AvgIpc) is 2.79. The summed E-state index contributed by atoms with van der Waals surface area (Å²) in [6, 6.07) is 10.8. The van der Waals surface area contributed by atoms with Gasteiger partial charge < -0.3 is 9.47 Å². The molecule has 1 heterocycles. The molecule has 0 aromatic heterocycles. The molecule has 0 bridgehead atoms. The van der Waals surface area contributed by atoms with Gasteiger partial charge >= 0.3 is 0 Å². The summed E-state index contributed by atoms with van der Waals surface area (Å²) in [7, 11) is 0.393. The van der Waals surface area contributed by atoms with E-state index >= 15 is 0 Å². The molecule has 16 heavy (non-hydrogen) atoms. The summed E-state index contributed by atoms with van der Waals surface area (Å²) in [6.07, 6.45) is 1.57. The van der Waals surface area contributed by atoms with E-state index in [-0.39, 0.29) is 0 Å². The van der Waals surface area contributed by atoms with Gasteiger partial charge in [0.25, 0.3) is 0 Å². The van der Waals surface area contributed by atoms with Gasteiger partial charge in [-0.3, -0.25) is 0 Å². The zero-order valence-corrected chi connectivity index (χ0v) is 10.5. The van der Waals surface area contributed by atoms with Gasteiger partial charge in [-0.15, -0.1) is 0 Å². The quantitative estimate of drug-likeness (QED) is 0.446. The van der Waals surface area contributed by atoms with Crippen LogP contribution in [0.15, 0.2) is 35.2 Å². The second kappa shape index (κ2) is 6.28. The largest absolute Gasteiger partial charge is 0.356 e. The molecule has 0 saturated carbocycles. The molecule has 0 amide bonds. The molecule has 1 saturated heterocycles. The molecule has 2 rings (SSSR count). The van der Waals surface area contributed by atoms with Gasteiger partial charge in [-0.25, -0.2) is 0 Å². The fourth-order valence-corrected chi connectivity index (χ4v) is 4.25. The Morgan fingerprint density at radius 3 is 2.88 bits per heavy atom. The lowest BCUT2D eigenvalue weighted by Gasteiger charge is -2.07. The van der Waals surface area contributed by atoms with Gasteiger partial charge in [0.05, 0.1) is 0 Å². The number of hydrogen-bond donors (Lipinski definition) is 0. The second-order valence-corrected chi connectivity index (χ2v) is 6.06. The minimum absolute atomic E-state index is 0.393. The molecule has 0 spiro atoms. The molecule has 0 N–H and O–H groups in total. The van der Waals surface area contributed by atoms with Gasteiger partial charge in [-0.05, 0) is 19.1 Å². The van der Waals surface area contributed by atoms with Crippen molar-refractivity contribution in [3.8, 4) is 0 Å². The first-order valence-electron chi connectivity index (χ1n) is 5.82. The molecule has 1 fully saturated rings. The molecule has 3 heteroatoms. The monoisotopic (exact) mass is 239 g/mol. The lowest BCUT2D eigenvalue weighted by molar-refractivity contribution is -0.0776. The highest BCUT2D eigenvalue weighted by Crippen LogP contribution is 2.24. The van der Waals surface area contributed by atoms with Gasteiger partial charge in [0.2, 0.25) is 0 Å². The smallest absolute Gasteiger partial charge is 0.154 e. The summed E-state index contributed by atoms with van der Waals surface area (Å²) >= 11 is 0. The fraction of sp³-hybridized carbons (Fsp3) is 0.538. The molecule has 1 aliphatic heterocycles. The third kappa shape index (κ3) is 3.24. The van der Waals surface area contributed by atoms with Crippen molar-refractivity contribution in [3.63, 3.8) is 0 Å². The first-order valence-corrected chi connectivity index (χ1v) is 7.38. The molecular formula is C13H19O2S+. The summed E-state index contributed by atoms with van der Waals surface area (Å²) in [4.78, 5) is 1.48. The highest BCUT2D eigenvalue weighted by molar-refractivity contribution is 7.97. The predicted molar refractivity (Wildman–Crippen MR) is 67.8 cm³/mol. The fourth-order valence-electron chi connectivity index (χ4n) is 1.85. The van der Waals surface area contributed by atoms with Crippen molar-refractivity contribution in [2.45, 2.75) is 24.3 Å². The first kappa shape index (κ1) is 12.0. The molecule has 1 aromatic carbocycles. The predicted octanol–water partition coefficient (Wildman–Crippen LogP) is 2.45. The van der Waals surface area contributed by atoms with Crippen LogP contribution in [0.5, 0.6) is 0 Å². The van der Waals surface area contributed by atoms with E-state index in [1.165, 1.54) is 17.1 Å². The van der Waals surface area contributed by atoms with Gasteiger partial charge in [0.15, 0.2) is 4.90 Å². The summed E-state index contributed by atoms with van der Waals surface area (Å²) < 4.78 is 10.9. The van der Waals surface area contributed by atoms with Crippen LogP contribution < -0.4 is 0 Å². The Bertz CT molecular complexity index is 302. The molecule has 1 aliphatic rings. The summed E-state index contributed by atoms with van der Waals surface area (Å²) in [6.45, 7) is 3.18. The van der Waals surface area contributed by atoms with Crippen molar-refractivity contribution < 1.29 is 9.47 Å². The van der Waals surface area contributed by atoms with E-state index in [9.17, 15) is 0 Å². The Labute approximate surface area is 100 Å². The third-order valence-corrected chi connectivity index (χ3v) is 5.18. The van der Waals surface area contributed by atoms with Gasteiger partial charge in [0.1, 0.15) is 24.4 Å². The van der Waals surface area contributed by atoms with E-state index in [0.29, 0.717) is 23.8 Å². The standard InChI is InChI=1S/C13H19O2S/c1-2-14-11-15-12-8-9-16(10-12)13-6-4-3-5-7-13/h3-7,12H,2,8-11H2,1H3/q+1. The maximum atomic E-state index is 5.68. The van der Waals surface area contributed by atoms with Crippen LogP contribution in [0.1, 0.15) is 13.3 Å². The van der Waals surface area contributed by atoms with Crippen LogP contribution in [0.4, 0.5) is 0 Å². The molecule has 2 nitrogen and oxygen atoms in total. The van der Waals surface area contributed by atoms with Crippen molar-refractivity contribution in [3.05, 3.63) is 30.3 Å². The van der Waals surface area contributed by atoms with Crippen LogP contribution >= 0.6 is 0 Å². The van der Waals surface area contributed by atoms with Crippen molar-refractivity contribution in [2.75, 3.05) is 24.9 Å². The van der Waals surface area contributed by atoms with E-state index in [1.807, 2.05) is 6.92 Å². The highest BCUT2D eigenvalue weighted by atomic mass is 32.2. The Hall–Kier alpha value is -0.510. The minimum Gasteiger partial charge on any atom is -0.356 e. The van der Waals surface area contributed by atoms with Crippen LogP contribution in [-0.4, -0.2) is 31.0 Å². The molecular weight excluding hydrogens is 220 g/mol. The summed E-state index contributed by atoms with van der Waals surface area (Å²) in [5, 5.41) is 0. The number of hydrogen-bond acceptors (Lipinski definition) is 2. The SMILES string of the molecule is CCOCOC1CC[S+](c2ccccc2)C1. The third-order valence-electron chi connectivity index (χ3n) is 2.74. The van der Waals surface area contributed by atoms with Crippen molar-refractivity contribution >= 4 is 10.9 Å². The van der Waals surface area contributed by atoms with Crippen LogP contribution in [0.3, 0.4) is 0 Å². The van der Waals surface area contributed by atoms with Crippen LogP contribution in [0, 0.1) is 0 Å². The lowest BCUT2D eigenvalue weighted by Crippen LogP contribution is -2.16. The first-order chi connectivity index (χ1) is 7.90. The minimum atomic E-state index is 0.393. The topological polar surface area (TPSA) is 18.5 Å². The maximum absolute atomic E-state index is 5.68. The van der Waals surface area contributed by atoms with Crippen molar-refractivity contribution in [1.29, 1.82) is 0 Å². The Morgan fingerprint density at radius 2 is 2.12 bits per heavy atom. The van der Waals surface area contributed by atoms with E-state index in [4.69, 9.17) is 9.47 Å². The van der Waals surface area contributed by atoms with Crippen LogP contribution in [-0.2, 0) is 20.4 Å². The number of ether oxygens (including phenoxy) is 2. The average molecular weight is 239 g/mol. The summed E-state index contributed by atoms with van der Waals surface area (Å²) in [5.74, 6) is 2.43. The Balaban J connectivity index is 1.79. The van der Waals surface area contributed by atoms with Crippen LogP contribution in [0.25, 0.3) is 0 Å². The Kier molecular flexibility index (Phi) is 4.69. The molecule has 2 atom stereocenters. The highest BCUT2D eigenvalue weighted by Gasteiger charge is 2.34. The summed E-state index contributed by atoms with van der Waals surface area (Å²) in [5.41, 5.74) is 0. The van der Waals surface area contributed by atoms with Crippen molar-refractivity contribution in [1.82, 2.24) is 0 Å². The van der Waals surface area contributed by atoms with E-state index in [2.05, 4.69) is 30.3 Å². The van der Waals surface area contributed by atoms with Gasteiger partial charge in [0, 0.05) is 23.9 Å². The lowest BCUT2D eigenvalue weighted by atomic mass is 10.3. The van der Waals surface area contributed by atoms with Gasteiger partial charge in [-0.1, -0.05) is 18.2 Å². The van der Waals surface area contributed by atoms with E-state index in [1.54, 1.807) is 0 Å². The number of rotatable bonds is 5. The Morgan fingerprint density at radius 1 is 1.31 bits per heavy atom. The second-order valence-electron chi connectivity index (χ2n) is 3.86. The number of benzene rings is 1. The van der Waals surface area contributed by atoms with Crippen molar-refractivity contribution in [2.24, 2.45) is 0 Å². The van der Waals surface area contributed by atoms with E-state index in [0.717, 1.165) is 12.4 Å². The zero-order chi connectivity index (χ0) is 11.2. The molecule has 1 aromatic rings. The molecule has 0 radical (unpaired) electrons. The van der Waals surface area contributed by atoms with Crippen LogP contribution in [0.2, 0.25) is 0 Å². The molecule has 88 valence electrons. The normalized spacial score (nSPS) is 24.8. The maximum Gasteiger partial charge on any atom is 0.154 e. The molecule has 2 unspecified atom stereocenters. The van der Waals surface area contributed by atoms with E-state index < -0.39 is 0 Å². The molecule has 0 aliphatic carbocycles.